The van der Waals surface area contributed by atoms with E-state index < -0.39 is 6.10 Å². The standard InChI is InChI=1S/C10H20Cl2O3/c1-2-3-4-14-8-10(6-12)15-7-9(13)5-11/h9-10,13H,2-8H2,1H3. The van der Waals surface area contributed by atoms with E-state index in [4.69, 9.17) is 32.7 Å². The van der Waals surface area contributed by atoms with Gasteiger partial charge < -0.3 is 14.6 Å². The van der Waals surface area contributed by atoms with E-state index in [1.807, 2.05) is 0 Å². The van der Waals surface area contributed by atoms with Gasteiger partial charge in [0.1, 0.15) is 0 Å². The average molecular weight is 259 g/mol. The molecule has 0 aliphatic rings. The number of aliphatic hydroxyl groups excluding tert-OH is 1. The van der Waals surface area contributed by atoms with Crippen molar-refractivity contribution < 1.29 is 14.6 Å². The minimum atomic E-state index is -0.631. The van der Waals surface area contributed by atoms with Crippen LogP contribution in [0.15, 0.2) is 0 Å². The second-order valence-electron chi connectivity index (χ2n) is 3.35. The van der Waals surface area contributed by atoms with Crippen molar-refractivity contribution in [2.24, 2.45) is 0 Å². The highest BCUT2D eigenvalue weighted by Crippen LogP contribution is 2.00. The molecule has 0 saturated heterocycles. The van der Waals surface area contributed by atoms with Crippen molar-refractivity contribution in [3.8, 4) is 0 Å². The van der Waals surface area contributed by atoms with Crippen LogP contribution in [0.25, 0.3) is 0 Å². The van der Waals surface area contributed by atoms with Gasteiger partial charge in [0.05, 0.1) is 37.2 Å². The maximum Gasteiger partial charge on any atom is 0.0944 e. The van der Waals surface area contributed by atoms with E-state index in [0.717, 1.165) is 19.4 Å². The fourth-order valence-electron chi connectivity index (χ4n) is 0.890. The highest BCUT2D eigenvalue weighted by atomic mass is 35.5. The fraction of sp³-hybridized carbons (Fsp3) is 1.00. The molecule has 0 rings (SSSR count). The molecule has 0 saturated carbocycles. The molecule has 0 aromatic carbocycles. The molecule has 2 unspecified atom stereocenters. The monoisotopic (exact) mass is 258 g/mol. The van der Waals surface area contributed by atoms with Crippen molar-refractivity contribution in [2.75, 3.05) is 31.6 Å². The summed E-state index contributed by atoms with van der Waals surface area (Å²) < 4.78 is 10.7. The van der Waals surface area contributed by atoms with Crippen LogP contribution in [-0.4, -0.2) is 48.9 Å². The van der Waals surface area contributed by atoms with E-state index in [-0.39, 0.29) is 18.6 Å². The molecule has 0 aliphatic heterocycles. The summed E-state index contributed by atoms with van der Waals surface area (Å²) in [6, 6.07) is 0. The topological polar surface area (TPSA) is 38.7 Å². The van der Waals surface area contributed by atoms with Gasteiger partial charge in [-0.05, 0) is 6.42 Å². The van der Waals surface area contributed by atoms with Gasteiger partial charge in [0.25, 0.3) is 0 Å². The van der Waals surface area contributed by atoms with Gasteiger partial charge in [-0.15, -0.1) is 23.2 Å². The van der Waals surface area contributed by atoms with Crippen LogP contribution in [0.3, 0.4) is 0 Å². The van der Waals surface area contributed by atoms with Gasteiger partial charge in [0.15, 0.2) is 0 Å². The zero-order chi connectivity index (χ0) is 11.5. The van der Waals surface area contributed by atoms with Crippen molar-refractivity contribution in [2.45, 2.75) is 32.0 Å². The molecular weight excluding hydrogens is 239 g/mol. The van der Waals surface area contributed by atoms with Crippen molar-refractivity contribution in [1.29, 1.82) is 0 Å². The van der Waals surface area contributed by atoms with E-state index in [9.17, 15) is 5.11 Å². The number of hydrogen-bond acceptors (Lipinski definition) is 3. The largest absolute Gasteiger partial charge is 0.389 e. The highest BCUT2D eigenvalue weighted by Gasteiger charge is 2.10. The Kier molecular flexibility index (Phi) is 11.3. The molecule has 0 radical (unpaired) electrons. The number of hydrogen-bond donors (Lipinski definition) is 1. The first-order chi connectivity index (χ1) is 7.24. The van der Waals surface area contributed by atoms with Crippen molar-refractivity contribution in [3.63, 3.8) is 0 Å². The number of rotatable bonds is 10. The first-order valence-corrected chi connectivity index (χ1v) is 6.30. The van der Waals surface area contributed by atoms with E-state index in [1.165, 1.54) is 0 Å². The third kappa shape index (κ3) is 9.39. The minimum Gasteiger partial charge on any atom is -0.389 e. The summed E-state index contributed by atoms with van der Waals surface area (Å²) in [4.78, 5) is 0. The van der Waals surface area contributed by atoms with Crippen LogP contribution in [0.4, 0.5) is 0 Å². The minimum absolute atomic E-state index is 0.165. The lowest BCUT2D eigenvalue weighted by atomic mass is 10.3. The predicted octanol–water partition coefficient (Wildman–Crippen LogP) is 2.03. The molecule has 5 heteroatoms. The molecule has 15 heavy (non-hydrogen) atoms. The molecule has 0 aliphatic carbocycles. The lowest BCUT2D eigenvalue weighted by Gasteiger charge is -2.17. The molecule has 92 valence electrons. The fourth-order valence-corrected chi connectivity index (χ4v) is 1.16. The van der Waals surface area contributed by atoms with Gasteiger partial charge in [-0.2, -0.15) is 0 Å². The van der Waals surface area contributed by atoms with Gasteiger partial charge in [-0.1, -0.05) is 13.3 Å². The normalized spacial score (nSPS) is 15.2. The number of unbranched alkanes of at least 4 members (excludes halogenated alkanes) is 1. The Balaban J connectivity index is 3.46. The number of aliphatic hydroxyl groups is 1. The molecule has 0 aromatic heterocycles. The molecule has 3 nitrogen and oxygen atoms in total. The van der Waals surface area contributed by atoms with E-state index >= 15 is 0 Å². The molecule has 0 bridgehead atoms. The summed E-state index contributed by atoms with van der Waals surface area (Å²) in [6.07, 6.45) is 1.35. The summed E-state index contributed by atoms with van der Waals surface area (Å²) >= 11 is 11.1. The van der Waals surface area contributed by atoms with Crippen LogP contribution in [0, 0.1) is 0 Å². The van der Waals surface area contributed by atoms with Gasteiger partial charge in [0, 0.05) is 6.61 Å². The molecule has 0 spiro atoms. The molecule has 0 amide bonds. The second kappa shape index (κ2) is 11.0. The summed E-state index contributed by atoms with van der Waals surface area (Å²) in [6.45, 7) is 3.51. The third-order valence-corrected chi connectivity index (χ3v) is 2.52. The van der Waals surface area contributed by atoms with Gasteiger partial charge in [-0.25, -0.2) is 0 Å². The Morgan fingerprint density at radius 3 is 2.47 bits per heavy atom. The van der Waals surface area contributed by atoms with Crippen LogP contribution >= 0.6 is 23.2 Å². The van der Waals surface area contributed by atoms with Crippen molar-refractivity contribution >= 4 is 23.2 Å². The Morgan fingerprint density at radius 1 is 1.20 bits per heavy atom. The first kappa shape index (κ1) is 15.5. The van der Waals surface area contributed by atoms with Crippen LogP contribution in [0.5, 0.6) is 0 Å². The maximum atomic E-state index is 9.17. The zero-order valence-corrected chi connectivity index (χ0v) is 10.6. The van der Waals surface area contributed by atoms with Crippen molar-refractivity contribution in [3.05, 3.63) is 0 Å². The van der Waals surface area contributed by atoms with E-state index in [1.54, 1.807) is 0 Å². The number of halogens is 2. The van der Waals surface area contributed by atoms with E-state index in [2.05, 4.69) is 6.92 Å². The highest BCUT2D eigenvalue weighted by molar-refractivity contribution is 6.18. The van der Waals surface area contributed by atoms with Crippen LogP contribution < -0.4 is 0 Å². The molecule has 0 aromatic rings. The average Bonchev–Trinajstić information content (AvgIpc) is 2.27. The number of alkyl halides is 2. The smallest absolute Gasteiger partial charge is 0.0944 e. The van der Waals surface area contributed by atoms with Crippen LogP contribution in [-0.2, 0) is 9.47 Å². The summed E-state index contributed by atoms with van der Waals surface area (Å²) in [5.41, 5.74) is 0. The number of ether oxygens (including phenoxy) is 2. The Labute approximate surface area is 102 Å². The van der Waals surface area contributed by atoms with Gasteiger partial charge in [-0.3, -0.25) is 0 Å². The molecule has 2 atom stereocenters. The lowest BCUT2D eigenvalue weighted by molar-refractivity contribution is -0.0344. The molecular formula is C10H20Cl2O3. The summed E-state index contributed by atoms with van der Waals surface area (Å²) in [5.74, 6) is 0.535. The summed E-state index contributed by atoms with van der Waals surface area (Å²) in [5, 5.41) is 9.17. The van der Waals surface area contributed by atoms with Gasteiger partial charge in [0.2, 0.25) is 0 Å². The predicted molar refractivity (Wildman–Crippen MR) is 62.9 cm³/mol. The SMILES string of the molecule is CCCCOCC(CCl)OCC(O)CCl. The quantitative estimate of drug-likeness (QED) is 0.482. The third-order valence-electron chi connectivity index (χ3n) is 1.82. The molecule has 1 N–H and O–H groups in total. The Hall–Kier alpha value is 0.460. The second-order valence-corrected chi connectivity index (χ2v) is 3.96. The Bertz CT molecular complexity index is 136. The van der Waals surface area contributed by atoms with Crippen molar-refractivity contribution in [1.82, 2.24) is 0 Å². The zero-order valence-electron chi connectivity index (χ0n) is 9.12. The van der Waals surface area contributed by atoms with Gasteiger partial charge >= 0.3 is 0 Å². The molecule has 0 heterocycles. The first-order valence-electron chi connectivity index (χ1n) is 5.23. The van der Waals surface area contributed by atoms with E-state index in [0.29, 0.717) is 12.5 Å². The molecule has 0 fully saturated rings. The summed E-state index contributed by atoms with van der Waals surface area (Å²) in [7, 11) is 0. The van der Waals surface area contributed by atoms with Crippen LogP contribution in [0.1, 0.15) is 19.8 Å². The maximum absolute atomic E-state index is 9.17. The van der Waals surface area contributed by atoms with Crippen LogP contribution in [0.2, 0.25) is 0 Å². The lowest BCUT2D eigenvalue weighted by Crippen LogP contribution is -2.27. The Morgan fingerprint density at radius 2 is 1.93 bits per heavy atom.